The molecule has 1 atom stereocenters. The van der Waals surface area contributed by atoms with Crippen molar-refractivity contribution in [3.05, 3.63) is 30.7 Å². The van der Waals surface area contributed by atoms with Crippen molar-refractivity contribution in [3.63, 3.8) is 0 Å². The number of benzene rings is 1. The van der Waals surface area contributed by atoms with Gasteiger partial charge in [-0.25, -0.2) is 0 Å². The largest absolute Gasteiger partial charge is 0.504 e. The van der Waals surface area contributed by atoms with E-state index in [0.717, 1.165) is 24.9 Å². The molecule has 0 saturated carbocycles. The number of unbranched alkanes of at least 4 members (excludes halogenated alkanes) is 2. The van der Waals surface area contributed by atoms with E-state index in [9.17, 15) is 10.2 Å². The molecular formula is C16H24NO2. The number of rotatable bonds is 6. The normalized spacial score (nSPS) is 19.9. The number of hydrogen-bond donors (Lipinski definition) is 2. The molecule has 105 valence electrons. The number of phenolic OH excluding ortho intramolecular Hbond substituents is 2. The van der Waals surface area contributed by atoms with Gasteiger partial charge in [0.05, 0.1) is 0 Å². The average Bonchev–Trinajstić information content (AvgIpc) is 2.82. The van der Waals surface area contributed by atoms with E-state index in [-0.39, 0.29) is 11.5 Å². The molecule has 0 aromatic heterocycles. The molecule has 3 heteroatoms. The second-order valence-electron chi connectivity index (χ2n) is 5.42. The van der Waals surface area contributed by atoms with Gasteiger partial charge in [-0.1, -0.05) is 25.8 Å². The number of phenols is 2. The second kappa shape index (κ2) is 6.80. The zero-order chi connectivity index (χ0) is 13.7. The van der Waals surface area contributed by atoms with E-state index >= 15 is 0 Å². The fraction of sp³-hybridized carbons (Fsp3) is 0.562. The van der Waals surface area contributed by atoms with Crippen molar-refractivity contribution in [1.82, 2.24) is 4.90 Å². The van der Waals surface area contributed by atoms with Crippen LogP contribution in [0, 0.1) is 6.92 Å². The van der Waals surface area contributed by atoms with Crippen LogP contribution in [0.2, 0.25) is 0 Å². The molecule has 3 nitrogen and oxygen atoms in total. The van der Waals surface area contributed by atoms with Crippen molar-refractivity contribution in [2.24, 2.45) is 0 Å². The van der Waals surface area contributed by atoms with Crippen molar-refractivity contribution < 1.29 is 10.2 Å². The van der Waals surface area contributed by atoms with Crippen LogP contribution in [-0.4, -0.2) is 34.2 Å². The Morgan fingerprint density at radius 1 is 1.21 bits per heavy atom. The van der Waals surface area contributed by atoms with Crippen molar-refractivity contribution in [2.75, 3.05) is 13.1 Å². The molecule has 19 heavy (non-hydrogen) atoms. The van der Waals surface area contributed by atoms with E-state index < -0.39 is 0 Å². The molecule has 1 aliphatic rings. The fourth-order valence-electron chi connectivity index (χ4n) is 2.88. The van der Waals surface area contributed by atoms with Crippen LogP contribution >= 0.6 is 0 Å². The Hall–Kier alpha value is -1.22. The summed E-state index contributed by atoms with van der Waals surface area (Å²) in [7, 11) is 0. The lowest BCUT2D eigenvalue weighted by Gasteiger charge is -2.24. The molecule has 0 spiro atoms. The molecule has 2 N–H and O–H groups in total. The van der Waals surface area contributed by atoms with Crippen LogP contribution in [0.25, 0.3) is 0 Å². The lowest BCUT2D eigenvalue weighted by atomic mass is 10.0. The highest BCUT2D eigenvalue weighted by molar-refractivity contribution is 5.40. The molecule has 1 aromatic carbocycles. The molecule has 1 radical (unpaired) electrons. The molecule has 0 amide bonds. The first kappa shape index (κ1) is 14.2. The Kier molecular flexibility index (Phi) is 5.08. The van der Waals surface area contributed by atoms with Gasteiger partial charge in [0.15, 0.2) is 11.5 Å². The SMILES string of the molecule is [CH2]CCCCN1CCCC1Cc1ccc(O)c(O)c1. The maximum atomic E-state index is 9.54. The van der Waals surface area contributed by atoms with Gasteiger partial charge in [-0.2, -0.15) is 0 Å². The predicted octanol–water partition coefficient (Wildman–Crippen LogP) is 3.11. The monoisotopic (exact) mass is 262 g/mol. The van der Waals surface area contributed by atoms with E-state index in [0.29, 0.717) is 6.04 Å². The maximum absolute atomic E-state index is 9.54. The Bertz CT molecular complexity index is 406. The smallest absolute Gasteiger partial charge is 0.157 e. The Morgan fingerprint density at radius 3 is 2.79 bits per heavy atom. The lowest BCUT2D eigenvalue weighted by Crippen LogP contribution is -2.32. The summed E-state index contributed by atoms with van der Waals surface area (Å²) in [5.41, 5.74) is 1.10. The summed E-state index contributed by atoms with van der Waals surface area (Å²) in [6, 6.07) is 5.74. The summed E-state index contributed by atoms with van der Waals surface area (Å²) in [6.07, 6.45) is 6.89. The maximum Gasteiger partial charge on any atom is 0.157 e. The fourth-order valence-corrected chi connectivity index (χ4v) is 2.88. The summed E-state index contributed by atoms with van der Waals surface area (Å²) in [4.78, 5) is 2.56. The van der Waals surface area contributed by atoms with Gasteiger partial charge < -0.3 is 15.1 Å². The van der Waals surface area contributed by atoms with Crippen LogP contribution in [0.15, 0.2) is 18.2 Å². The lowest BCUT2D eigenvalue weighted by molar-refractivity contribution is 0.247. The van der Waals surface area contributed by atoms with Crippen LogP contribution in [0.1, 0.15) is 37.7 Å². The van der Waals surface area contributed by atoms with E-state index in [2.05, 4.69) is 11.8 Å². The van der Waals surface area contributed by atoms with E-state index in [4.69, 9.17) is 0 Å². The molecule has 2 rings (SSSR count). The second-order valence-corrected chi connectivity index (χ2v) is 5.42. The standard InChI is InChI=1S/C16H24NO2/c1-2-3-4-9-17-10-5-6-14(17)11-13-7-8-15(18)16(19)12-13/h7-8,12,14,18-19H,1-6,9-11H2. The molecule has 1 heterocycles. The highest BCUT2D eigenvalue weighted by atomic mass is 16.3. The summed E-state index contributed by atoms with van der Waals surface area (Å²) >= 11 is 0. The summed E-state index contributed by atoms with van der Waals surface area (Å²) in [6.45, 7) is 6.23. The van der Waals surface area contributed by atoms with Gasteiger partial charge in [0.1, 0.15) is 0 Å². The summed E-state index contributed by atoms with van der Waals surface area (Å²) in [5.74, 6) is -0.0541. The first-order chi connectivity index (χ1) is 9.20. The van der Waals surface area contributed by atoms with Gasteiger partial charge >= 0.3 is 0 Å². The van der Waals surface area contributed by atoms with Crippen LogP contribution < -0.4 is 0 Å². The molecule has 1 saturated heterocycles. The van der Waals surface area contributed by atoms with Gasteiger partial charge in [0, 0.05) is 6.04 Å². The van der Waals surface area contributed by atoms with Gasteiger partial charge in [-0.05, 0) is 56.5 Å². The van der Waals surface area contributed by atoms with Crippen LogP contribution in [-0.2, 0) is 6.42 Å². The molecule has 0 aliphatic carbocycles. The van der Waals surface area contributed by atoms with Crippen LogP contribution in [0.4, 0.5) is 0 Å². The number of nitrogens with zero attached hydrogens (tertiary/aromatic N) is 1. The van der Waals surface area contributed by atoms with E-state index in [1.807, 2.05) is 6.07 Å². The summed E-state index contributed by atoms with van der Waals surface area (Å²) in [5, 5.41) is 18.9. The molecule has 1 fully saturated rings. The topological polar surface area (TPSA) is 43.7 Å². The molecule has 0 bridgehead atoms. The minimum absolute atomic E-state index is 0.0147. The minimum Gasteiger partial charge on any atom is -0.504 e. The van der Waals surface area contributed by atoms with E-state index in [1.54, 1.807) is 12.1 Å². The Balaban J connectivity index is 1.91. The summed E-state index contributed by atoms with van der Waals surface area (Å²) < 4.78 is 0. The Morgan fingerprint density at radius 2 is 2.05 bits per heavy atom. The first-order valence-electron chi connectivity index (χ1n) is 7.25. The minimum atomic E-state index is -0.0394. The first-order valence-corrected chi connectivity index (χ1v) is 7.25. The average molecular weight is 262 g/mol. The highest BCUT2D eigenvalue weighted by Gasteiger charge is 2.24. The van der Waals surface area contributed by atoms with Gasteiger partial charge in [0.2, 0.25) is 0 Å². The van der Waals surface area contributed by atoms with Crippen molar-refractivity contribution in [1.29, 1.82) is 0 Å². The van der Waals surface area contributed by atoms with Crippen molar-refractivity contribution in [2.45, 2.75) is 44.6 Å². The highest BCUT2D eigenvalue weighted by Crippen LogP contribution is 2.28. The number of likely N-dealkylation sites (tertiary alicyclic amines) is 1. The van der Waals surface area contributed by atoms with Gasteiger partial charge in [-0.3, -0.25) is 0 Å². The Labute approximate surface area is 115 Å². The zero-order valence-corrected chi connectivity index (χ0v) is 11.5. The third-order valence-electron chi connectivity index (χ3n) is 3.96. The molecule has 1 aromatic rings. The van der Waals surface area contributed by atoms with Crippen LogP contribution in [0.3, 0.4) is 0 Å². The third-order valence-corrected chi connectivity index (χ3v) is 3.96. The van der Waals surface area contributed by atoms with Gasteiger partial charge in [0.25, 0.3) is 0 Å². The zero-order valence-electron chi connectivity index (χ0n) is 11.5. The van der Waals surface area contributed by atoms with E-state index in [1.165, 1.54) is 32.2 Å². The van der Waals surface area contributed by atoms with Crippen molar-refractivity contribution >= 4 is 0 Å². The van der Waals surface area contributed by atoms with Crippen LogP contribution in [0.5, 0.6) is 11.5 Å². The quantitative estimate of drug-likeness (QED) is 0.611. The molecule has 1 unspecified atom stereocenters. The third kappa shape index (κ3) is 3.87. The molecular weight excluding hydrogens is 238 g/mol. The number of hydrogen-bond acceptors (Lipinski definition) is 3. The predicted molar refractivity (Wildman–Crippen MR) is 77.3 cm³/mol. The van der Waals surface area contributed by atoms with Crippen molar-refractivity contribution in [3.8, 4) is 11.5 Å². The molecule has 1 aliphatic heterocycles. The van der Waals surface area contributed by atoms with Gasteiger partial charge in [-0.15, -0.1) is 0 Å². The number of aromatic hydroxyl groups is 2.